The molecule has 4 atom stereocenters. The molecule has 2 aliphatic heterocycles. The lowest BCUT2D eigenvalue weighted by atomic mass is 10.1. The highest BCUT2D eigenvalue weighted by atomic mass is 32.2. The van der Waals surface area contributed by atoms with Crippen molar-refractivity contribution in [2.75, 3.05) is 20.3 Å². The van der Waals surface area contributed by atoms with Gasteiger partial charge in [0.05, 0.1) is 29.7 Å². The van der Waals surface area contributed by atoms with E-state index in [0.29, 0.717) is 6.61 Å². The summed E-state index contributed by atoms with van der Waals surface area (Å²) >= 11 is 0. The second-order valence-electron chi connectivity index (χ2n) is 5.21. The van der Waals surface area contributed by atoms with E-state index >= 15 is 0 Å². The van der Waals surface area contributed by atoms with Crippen molar-refractivity contribution in [1.29, 1.82) is 5.26 Å². The van der Waals surface area contributed by atoms with Gasteiger partial charge in [0.2, 0.25) is 10.0 Å². The summed E-state index contributed by atoms with van der Waals surface area (Å²) in [5.74, 6) is 0. The second kappa shape index (κ2) is 5.95. The number of benzene rings is 1. The Morgan fingerprint density at radius 1 is 1.27 bits per heavy atom. The van der Waals surface area contributed by atoms with E-state index < -0.39 is 16.1 Å². The molecule has 22 heavy (non-hydrogen) atoms. The average molecular weight is 324 g/mol. The minimum atomic E-state index is -3.82. The van der Waals surface area contributed by atoms with Crippen molar-refractivity contribution in [2.24, 2.45) is 0 Å². The first-order valence-electron chi connectivity index (χ1n) is 6.84. The maximum absolute atomic E-state index is 12.5. The molecule has 0 unspecified atom stereocenters. The van der Waals surface area contributed by atoms with Crippen molar-refractivity contribution < 1.29 is 22.6 Å². The van der Waals surface area contributed by atoms with Gasteiger partial charge in [-0.25, -0.2) is 13.1 Å². The van der Waals surface area contributed by atoms with E-state index in [-0.39, 0.29) is 35.4 Å². The van der Waals surface area contributed by atoms with Gasteiger partial charge >= 0.3 is 0 Å². The van der Waals surface area contributed by atoms with Crippen LogP contribution in [0.2, 0.25) is 0 Å². The molecule has 2 fully saturated rings. The van der Waals surface area contributed by atoms with Crippen molar-refractivity contribution in [3.63, 3.8) is 0 Å². The molecular weight excluding hydrogens is 308 g/mol. The fourth-order valence-corrected chi connectivity index (χ4v) is 4.21. The van der Waals surface area contributed by atoms with Crippen LogP contribution < -0.4 is 4.72 Å². The Balaban J connectivity index is 1.80. The summed E-state index contributed by atoms with van der Waals surface area (Å²) in [6.45, 7) is 0.585. The minimum Gasteiger partial charge on any atom is -0.376 e. The zero-order valence-corrected chi connectivity index (χ0v) is 12.7. The van der Waals surface area contributed by atoms with Gasteiger partial charge in [-0.3, -0.25) is 0 Å². The first-order chi connectivity index (χ1) is 10.6. The predicted octanol–water partition coefficient (Wildman–Crippen LogP) is 0.0178. The molecular formula is C14H16N2O5S. The topological polar surface area (TPSA) is 97.7 Å². The van der Waals surface area contributed by atoms with Crippen molar-refractivity contribution in [1.82, 2.24) is 4.72 Å². The third-order valence-corrected chi connectivity index (χ3v) is 5.46. The SMILES string of the molecule is CO[C@H]1CO[C@@H]2[C@@H]1OC[C@@H]2NS(=O)(=O)c1ccccc1C#N. The van der Waals surface area contributed by atoms with Crippen LogP contribution in [0.15, 0.2) is 29.2 Å². The van der Waals surface area contributed by atoms with Gasteiger partial charge in [0.15, 0.2) is 0 Å². The summed E-state index contributed by atoms with van der Waals surface area (Å²) in [6, 6.07) is 7.46. The molecule has 0 amide bonds. The summed E-state index contributed by atoms with van der Waals surface area (Å²) in [6.07, 6.45) is -0.844. The summed E-state index contributed by atoms with van der Waals surface area (Å²) in [7, 11) is -2.25. The Hall–Kier alpha value is -1.50. The number of rotatable bonds is 4. The lowest BCUT2D eigenvalue weighted by Gasteiger charge is -2.18. The van der Waals surface area contributed by atoms with E-state index in [1.54, 1.807) is 19.2 Å². The second-order valence-corrected chi connectivity index (χ2v) is 6.89. The Bertz CT molecular complexity index is 699. The molecule has 1 N–H and O–H groups in total. The Kier molecular flexibility index (Phi) is 4.16. The number of nitriles is 1. The zero-order chi connectivity index (χ0) is 15.7. The molecule has 1 aromatic rings. The van der Waals surface area contributed by atoms with E-state index in [4.69, 9.17) is 19.5 Å². The van der Waals surface area contributed by atoms with Crippen LogP contribution in [0.5, 0.6) is 0 Å². The highest BCUT2D eigenvalue weighted by molar-refractivity contribution is 7.89. The number of sulfonamides is 1. The molecule has 0 saturated carbocycles. The van der Waals surface area contributed by atoms with E-state index in [9.17, 15) is 8.42 Å². The molecule has 0 aliphatic carbocycles. The van der Waals surface area contributed by atoms with Gasteiger partial charge in [-0.05, 0) is 12.1 Å². The highest BCUT2D eigenvalue weighted by Crippen LogP contribution is 2.29. The van der Waals surface area contributed by atoms with Crippen LogP contribution in [-0.4, -0.2) is 53.1 Å². The quantitative estimate of drug-likeness (QED) is 0.838. The fourth-order valence-electron chi connectivity index (χ4n) is 2.82. The summed E-state index contributed by atoms with van der Waals surface area (Å²) in [4.78, 5) is -0.0396. The standard InChI is InChI=1S/C14H16N2O5S/c1-19-11-8-21-13-10(7-20-14(11)13)16-22(17,18)12-5-3-2-4-9(12)6-15/h2-5,10-11,13-14,16H,7-8H2,1H3/t10-,11-,13-,14+/m0/s1. The first kappa shape index (κ1) is 15.4. The monoisotopic (exact) mass is 324 g/mol. The maximum atomic E-state index is 12.5. The molecule has 0 bridgehead atoms. The highest BCUT2D eigenvalue weighted by Gasteiger charge is 2.49. The van der Waals surface area contributed by atoms with Gasteiger partial charge in [0.25, 0.3) is 0 Å². The average Bonchev–Trinajstić information content (AvgIpc) is 3.09. The van der Waals surface area contributed by atoms with Gasteiger partial charge in [0, 0.05) is 7.11 Å². The Morgan fingerprint density at radius 3 is 2.73 bits per heavy atom. The van der Waals surface area contributed by atoms with E-state index in [0.717, 1.165) is 0 Å². The van der Waals surface area contributed by atoms with Gasteiger partial charge in [0.1, 0.15) is 24.4 Å². The van der Waals surface area contributed by atoms with Crippen LogP contribution in [0, 0.1) is 11.3 Å². The minimum absolute atomic E-state index is 0.0396. The van der Waals surface area contributed by atoms with E-state index in [2.05, 4.69) is 4.72 Å². The number of hydrogen-bond acceptors (Lipinski definition) is 6. The maximum Gasteiger partial charge on any atom is 0.242 e. The van der Waals surface area contributed by atoms with Crippen molar-refractivity contribution in [3.8, 4) is 6.07 Å². The zero-order valence-electron chi connectivity index (χ0n) is 11.9. The summed E-state index contributed by atoms with van der Waals surface area (Å²) < 4.78 is 44.0. The normalized spacial score (nSPS) is 30.9. The van der Waals surface area contributed by atoms with Crippen molar-refractivity contribution >= 4 is 10.0 Å². The Morgan fingerprint density at radius 2 is 2.00 bits per heavy atom. The van der Waals surface area contributed by atoms with Crippen LogP contribution in [0.4, 0.5) is 0 Å². The summed E-state index contributed by atoms with van der Waals surface area (Å²) in [5.41, 5.74) is 0.104. The molecule has 2 heterocycles. The van der Waals surface area contributed by atoms with Crippen molar-refractivity contribution in [3.05, 3.63) is 29.8 Å². The number of fused-ring (bicyclic) bond motifs is 1. The molecule has 118 valence electrons. The molecule has 2 aliphatic rings. The number of ether oxygens (including phenoxy) is 3. The van der Waals surface area contributed by atoms with Crippen molar-refractivity contribution in [2.45, 2.75) is 29.2 Å². The lowest BCUT2D eigenvalue weighted by molar-refractivity contribution is -0.00795. The predicted molar refractivity (Wildman–Crippen MR) is 75.5 cm³/mol. The number of nitrogens with one attached hydrogen (secondary N) is 1. The molecule has 0 aromatic heterocycles. The van der Waals surface area contributed by atoms with Crippen LogP contribution in [0.25, 0.3) is 0 Å². The number of hydrogen-bond donors (Lipinski definition) is 1. The molecule has 7 nitrogen and oxygen atoms in total. The van der Waals surface area contributed by atoms with Crippen LogP contribution >= 0.6 is 0 Å². The molecule has 0 radical (unpaired) electrons. The smallest absolute Gasteiger partial charge is 0.242 e. The van der Waals surface area contributed by atoms with Crippen LogP contribution in [0.1, 0.15) is 5.56 Å². The third kappa shape index (κ3) is 2.62. The molecule has 0 spiro atoms. The van der Waals surface area contributed by atoms with Gasteiger partial charge in [-0.2, -0.15) is 5.26 Å². The largest absolute Gasteiger partial charge is 0.376 e. The molecule has 3 rings (SSSR count). The molecule has 1 aromatic carbocycles. The van der Waals surface area contributed by atoms with Gasteiger partial charge < -0.3 is 14.2 Å². The third-order valence-electron chi connectivity index (χ3n) is 3.91. The summed E-state index contributed by atoms with van der Waals surface area (Å²) in [5, 5.41) is 9.05. The molecule has 2 saturated heterocycles. The first-order valence-corrected chi connectivity index (χ1v) is 8.32. The lowest BCUT2D eigenvalue weighted by Crippen LogP contribution is -2.44. The Labute approximate surface area is 128 Å². The van der Waals surface area contributed by atoms with Crippen LogP contribution in [0.3, 0.4) is 0 Å². The number of methoxy groups -OCH3 is 1. The van der Waals surface area contributed by atoms with Gasteiger partial charge in [-0.1, -0.05) is 12.1 Å². The number of nitrogens with zero attached hydrogens (tertiary/aromatic N) is 1. The fraction of sp³-hybridized carbons (Fsp3) is 0.500. The van der Waals surface area contributed by atoms with E-state index in [1.807, 2.05) is 6.07 Å². The van der Waals surface area contributed by atoms with Crippen LogP contribution in [-0.2, 0) is 24.2 Å². The van der Waals surface area contributed by atoms with Gasteiger partial charge in [-0.15, -0.1) is 0 Å². The molecule has 8 heteroatoms. The van der Waals surface area contributed by atoms with E-state index in [1.165, 1.54) is 12.1 Å².